The third kappa shape index (κ3) is 1.60. The Bertz CT molecular complexity index is 630. The van der Waals surface area contributed by atoms with Crippen molar-refractivity contribution in [2.75, 3.05) is 14.2 Å². The van der Waals surface area contributed by atoms with E-state index in [-0.39, 0.29) is 11.3 Å². The third-order valence-corrected chi connectivity index (χ3v) is 2.72. The maximum absolute atomic E-state index is 11.6. The Morgan fingerprint density at radius 1 is 1.18 bits per heavy atom. The Morgan fingerprint density at radius 3 is 2.35 bits per heavy atom. The molecule has 0 atom stereocenters. The normalized spacial score (nSPS) is 10.5. The van der Waals surface area contributed by atoms with E-state index in [1.165, 1.54) is 18.8 Å². The van der Waals surface area contributed by atoms with Gasteiger partial charge in [0, 0.05) is 13.1 Å². The van der Waals surface area contributed by atoms with Gasteiger partial charge in [-0.1, -0.05) is 0 Å². The van der Waals surface area contributed by atoms with E-state index >= 15 is 0 Å². The zero-order valence-corrected chi connectivity index (χ0v) is 9.85. The quantitative estimate of drug-likeness (QED) is 0.851. The second-order valence-corrected chi connectivity index (χ2v) is 3.62. The fourth-order valence-corrected chi connectivity index (χ4v) is 1.87. The van der Waals surface area contributed by atoms with E-state index in [0.29, 0.717) is 22.4 Å². The predicted octanol–water partition coefficient (Wildman–Crippen LogP) is 1.26. The highest BCUT2D eigenvalue weighted by Gasteiger charge is 2.15. The first-order chi connectivity index (χ1) is 8.10. The van der Waals surface area contributed by atoms with Gasteiger partial charge in [-0.3, -0.25) is 4.79 Å². The number of aryl methyl sites for hydroxylation is 1. The summed E-state index contributed by atoms with van der Waals surface area (Å²) in [6, 6.07) is 4.54. The summed E-state index contributed by atoms with van der Waals surface area (Å²) in [6.45, 7) is 0. The molecule has 90 valence electrons. The van der Waals surface area contributed by atoms with Crippen molar-refractivity contribution in [3.63, 3.8) is 0 Å². The molecule has 0 amide bonds. The SMILES string of the molecule is COc1ccc(OC)c2c1c(O)cc(=O)n2C. The molecule has 1 aromatic heterocycles. The maximum atomic E-state index is 11.6. The molecule has 17 heavy (non-hydrogen) atoms. The van der Waals surface area contributed by atoms with E-state index in [0.717, 1.165) is 6.07 Å². The lowest BCUT2D eigenvalue weighted by atomic mass is 10.1. The maximum Gasteiger partial charge on any atom is 0.254 e. The van der Waals surface area contributed by atoms with Crippen LogP contribution in [0.5, 0.6) is 17.2 Å². The molecule has 0 saturated carbocycles. The Kier molecular flexibility index (Phi) is 2.67. The molecular weight excluding hydrogens is 222 g/mol. The summed E-state index contributed by atoms with van der Waals surface area (Å²) in [7, 11) is 4.63. The van der Waals surface area contributed by atoms with Gasteiger partial charge in [-0.25, -0.2) is 0 Å². The van der Waals surface area contributed by atoms with E-state index in [4.69, 9.17) is 9.47 Å². The molecule has 0 spiro atoms. The van der Waals surface area contributed by atoms with Gasteiger partial charge in [0.05, 0.1) is 19.6 Å². The lowest BCUT2D eigenvalue weighted by molar-refractivity contribution is 0.405. The van der Waals surface area contributed by atoms with Gasteiger partial charge < -0.3 is 19.1 Å². The molecule has 0 aliphatic carbocycles. The highest BCUT2D eigenvalue weighted by Crippen LogP contribution is 2.36. The van der Waals surface area contributed by atoms with E-state index in [1.807, 2.05) is 0 Å². The number of benzene rings is 1. The number of hydrogen-bond acceptors (Lipinski definition) is 4. The van der Waals surface area contributed by atoms with Crippen molar-refractivity contribution in [1.29, 1.82) is 0 Å². The molecule has 1 heterocycles. The second kappa shape index (κ2) is 4.01. The van der Waals surface area contributed by atoms with Gasteiger partial charge in [-0.05, 0) is 12.1 Å². The number of rotatable bonds is 2. The Balaban J connectivity index is 3.05. The van der Waals surface area contributed by atoms with Gasteiger partial charge in [-0.2, -0.15) is 0 Å². The number of nitrogens with zero attached hydrogens (tertiary/aromatic N) is 1. The fourth-order valence-electron chi connectivity index (χ4n) is 1.87. The van der Waals surface area contributed by atoms with Gasteiger partial charge in [0.15, 0.2) is 0 Å². The van der Waals surface area contributed by atoms with E-state index in [9.17, 15) is 9.90 Å². The van der Waals surface area contributed by atoms with E-state index in [1.54, 1.807) is 19.2 Å². The summed E-state index contributed by atoms with van der Waals surface area (Å²) in [5.41, 5.74) is 0.207. The summed E-state index contributed by atoms with van der Waals surface area (Å²) in [5, 5.41) is 10.3. The number of ether oxygens (including phenoxy) is 2. The number of fused-ring (bicyclic) bond motifs is 1. The zero-order valence-electron chi connectivity index (χ0n) is 9.85. The summed E-state index contributed by atoms with van der Waals surface area (Å²) in [6.07, 6.45) is 0. The van der Waals surface area contributed by atoms with Crippen LogP contribution in [0.2, 0.25) is 0 Å². The second-order valence-electron chi connectivity index (χ2n) is 3.62. The average molecular weight is 235 g/mol. The standard InChI is InChI=1S/C12H13NO4/c1-13-10(15)6-7(14)11-8(16-2)4-5-9(17-3)12(11)13/h4-6,14H,1-3H3. The minimum atomic E-state index is -0.304. The van der Waals surface area contributed by atoms with Gasteiger partial charge >= 0.3 is 0 Å². The summed E-state index contributed by atoms with van der Waals surface area (Å²) in [5.74, 6) is 0.893. The molecule has 0 radical (unpaired) electrons. The van der Waals surface area contributed by atoms with Gasteiger partial charge in [0.1, 0.15) is 22.8 Å². The first-order valence-electron chi connectivity index (χ1n) is 5.03. The van der Waals surface area contributed by atoms with Crippen molar-refractivity contribution in [1.82, 2.24) is 4.57 Å². The van der Waals surface area contributed by atoms with Crippen LogP contribution in [0.25, 0.3) is 10.9 Å². The first-order valence-corrected chi connectivity index (χ1v) is 5.03. The van der Waals surface area contributed by atoms with Crippen LogP contribution in [-0.4, -0.2) is 23.9 Å². The molecule has 2 aromatic rings. The number of aromatic nitrogens is 1. The van der Waals surface area contributed by atoms with Crippen molar-refractivity contribution >= 4 is 10.9 Å². The first kappa shape index (κ1) is 11.3. The highest BCUT2D eigenvalue weighted by molar-refractivity contribution is 5.95. The minimum Gasteiger partial charge on any atom is -0.507 e. The van der Waals surface area contributed by atoms with Crippen LogP contribution >= 0.6 is 0 Å². The molecule has 0 aliphatic heterocycles. The number of pyridine rings is 1. The van der Waals surface area contributed by atoms with Crippen molar-refractivity contribution in [2.24, 2.45) is 7.05 Å². The topological polar surface area (TPSA) is 60.7 Å². The number of hydrogen-bond donors (Lipinski definition) is 1. The largest absolute Gasteiger partial charge is 0.507 e. The minimum absolute atomic E-state index is 0.112. The lowest BCUT2D eigenvalue weighted by Gasteiger charge is -2.13. The third-order valence-electron chi connectivity index (χ3n) is 2.72. The van der Waals surface area contributed by atoms with Crippen LogP contribution in [0.1, 0.15) is 0 Å². The summed E-state index contributed by atoms with van der Waals surface area (Å²) >= 11 is 0. The zero-order chi connectivity index (χ0) is 12.6. The molecule has 0 fully saturated rings. The smallest absolute Gasteiger partial charge is 0.254 e. The van der Waals surface area contributed by atoms with Crippen molar-refractivity contribution in [3.8, 4) is 17.2 Å². The van der Waals surface area contributed by atoms with Gasteiger partial charge in [0.25, 0.3) is 5.56 Å². The fraction of sp³-hybridized carbons (Fsp3) is 0.250. The molecule has 0 unspecified atom stereocenters. The van der Waals surface area contributed by atoms with Gasteiger partial charge in [0.2, 0.25) is 0 Å². The summed E-state index contributed by atoms with van der Waals surface area (Å²) < 4.78 is 11.8. The molecule has 1 N–H and O–H groups in total. The van der Waals surface area contributed by atoms with E-state index in [2.05, 4.69) is 0 Å². The van der Waals surface area contributed by atoms with Crippen LogP contribution in [0.3, 0.4) is 0 Å². The number of aromatic hydroxyl groups is 1. The number of methoxy groups -OCH3 is 2. The average Bonchev–Trinajstić information content (AvgIpc) is 2.34. The van der Waals surface area contributed by atoms with Crippen LogP contribution in [0.15, 0.2) is 23.0 Å². The van der Waals surface area contributed by atoms with Crippen LogP contribution in [0, 0.1) is 0 Å². The monoisotopic (exact) mass is 235 g/mol. The van der Waals surface area contributed by atoms with Gasteiger partial charge in [-0.15, -0.1) is 0 Å². The molecule has 0 bridgehead atoms. The summed E-state index contributed by atoms with van der Waals surface area (Å²) in [4.78, 5) is 11.6. The molecule has 5 heteroatoms. The van der Waals surface area contributed by atoms with Crippen LogP contribution in [-0.2, 0) is 7.05 Å². The van der Waals surface area contributed by atoms with Crippen LogP contribution in [0.4, 0.5) is 0 Å². The molecule has 0 aliphatic rings. The van der Waals surface area contributed by atoms with Crippen molar-refractivity contribution in [3.05, 3.63) is 28.6 Å². The van der Waals surface area contributed by atoms with E-state index < -0.39 is 0 Å². The lowest BCUT2D eigenvalue weighted by Crippen LogP contribution is -2.16. The molecule has 0 saturated heterocycles. The predicted molar refractivity (Wildman–Crippen MR) is 64.0 cm³/mol. The van der Waals surface area contributed by atoms with Crippen molar-refractivity contribution in [2.45, 2.75) is 0 Å². The molecule has 5 nitrogen and oxygen atoms in total. The molecule has 1 aromatic carbocycles. The van der Waals surface area contributed by atoms with Crippen LogP contribution < -0.4 is 15.0 Å². The molecule has 2 rings (SSSR count). The van der Waals surface area contributed by atoms with Crippen molar-refractivity contribution < 1.29 is 14.6 Å². The molecular formula is C12H13NO4. The Hall–Kier alpha value is -2.17. The highest BCUT2D eigenvalue weighted by atomic mass is 16.5. The Morgan fingerprint density at radius 2 is 1.76 bits per heavy atom. The Labute approximate surface area is 97.8 Å².